The number of piperidine rings is 1. The van der Waals surface area contributed by atoms with Crippen molar-refractivity contribution < 1.29 is 32.3 Å². The molecular weight excluding hydrogens is 436 g/mol. The van der Waals surface area contributed by atoms with Gasteiger partial charge in [0.25, 0.3) is 0 Å². The lowest BCUT2D eigenvalue weighted by Crippen LogP contribution is -2.46. The molecule has 9 nitrogen and oxygen atoms in total. The Morgan fingerprint density at radius 3 is 2.22 bits per heavy atom. The van der Waals surface area contributed by atoms with Crippen LogP contribution in [0, 0.1) is 5.92 Å². The number of hydrogen-bond donors (Lipinski definition) is 0. The SMILES string of the molecule is CCOC(=O)C1CCN(S(=O)(=O)C2=C(N3CCOCC3)C(=O)c3ccccc3C2=O)CC1. The van der Waals surface area contributed by atoms with Crippen LogP contribution in [0.4, 0.5) is 0 Å². The first-order chi connectivity index (χ1) is 15.4. The highest BCUT2D eigenvalue weighted by Crippen LogP contribution is 2.34. The van der Waals surface area contributed by atoms with Crippen molar-refractivity contribution in [3.63, 3.8) is 0 Å². The average molecular weight is 463 g/mol. The number of ketones is 2. The molecule has 0 spiro atoms. The summed E-state index contributed by atoms with van der Waals surface area (Å²) in [6.07, 6.45) is 0.605. The van der Waals surface area contributed by atoms with E-state index in [9.17, 15) is 22.8 Å². The predicted molar refractivity (Wildman–Crippen MR) is 114 cm³/mol. The van der Waals surface area contributed by atoms with Crippen molar-refractivity contribution >= 4 is 27.6 Å². The van der Waals surface area contributed by atoms with E-state index in [0.717, 1.165) is 0 Å². The molecule has 2 aliphatic heterocycles. The number of rotatable bonds is 5. The Kier molecular flexibility index (Phi) is 6.45. The first kappa shape index (κ1) is 22.6. The molecule has 172 valence electrons. The summed E-state index contributed by atoms with van der Waals surface area (Å²) >= 11 is 0. The Hall–Kier alpha value is -2.56. The Labute approximate surface area is 187 Å². The monoisotopic (exact) mass is 462 g/mol. The second-order valence-corrected chi connectivity index (χ2v) is 9.79. The number of sulfonamides is 1. The standard InChI is InChI=1S/C22H26N2O7S/c1-2-31-22(27)15-7-9-24(10-8-15)32(28,29)21-18(23-11-13-30-14-12-23)19(25)16-5-3-4-6-17(16)20(21)26/h3-6,15H,2,7-14H2,1H3. The summed E-state index contributed by atoms with van der Waals surface area (Å²) in [4.78, 5) is 40.0. The molecule has 0 unspecified atom stereocenters. The maximum atomic E-state index is 13.7. The topological polar surface area (TPSA) is 110 Å². The zero-order chi connectivity index (χ0) is 22.9. The maximum Gasteiger partial charge on any atom is 0.309 e. The first-order valence-electron chi connectivity index (χ1n) is 10.8. The molecule has 4 rings (SSSR count). The Balaban J connectivity index is 1.71. The molecule has 1 aliphatic carbocycles. The number of esters is 1. The maximum absolute atomic E-state index is 13.7. The lowest BCUT2D eigenvalue weighted by Gasteiger charge is -2.36. The molecule has 1 aromatic rings. The van der Waals surface area contributed by atoms with Gasteiger partial charge in [0.1, 0.15) is 5.70 Å². The summed E-state index contributed by atoms with van der Waals surface area (Å²) in [6.45, 7) is 3.46. The molecule has 0 N–H and O–H groups in total. The van der Waals surface area contributed by atoms with Gasteiger partial charge in [0.2, 0.25) is 21.6 Å². The summed E-state index contributed by atoms with van der Waals surface area (Å²) in [6, 6.07) is 6.29. The molecule has 0 amide bonds. The van der Waals surface area contributed by atoms with Crippen molar-refractivity contribution in [2.45, 2.75) is 19.8 Å². The molecule has 2 saturated heterocycles. The van der Waals surface area contributed by atoms with Gasteiger partial charge in [-0.15, -0.1) is 0 Å². The van der Waals surface area contributed by atoms with Gasteiger partial charge in [-0.1, -0.05) is 24.3 Å². The number of allylic oxidation sites excluding steroid dienone is 2. The number of morpholine rings is 1. The van der Waals surface area contributed by atoms with Gasteiger partial charge >= 0.3 is 5.97 Å². The Bertz CT molecular complexity index is 1070. The predicted octanol–water partition coefficient (Wildman–Crippen LogP) is 1.21. The van der Waals surface area contributed by atoms with E-state index in [2.05, 4.69) is 0 Å². The van der Waals surface area contributed by atoms with E-state index < -0.39 is 26.5 Å². The van der Waals surface area contributed by atoms with Gasteiger partial charge in [0.05, 0.1) is 25.7 Å². The number of carbonyl (C=O) groups is 3. The van der Waals surface area contributed by atoms with Gasteiger partial charge in [0, 0.05) is 37.3 Å². The van der Waals surface area contributed by atoms with Crippen LogP contribution in [0.15, 0.2) is 34.9 Å². The molecular formula is C22H26N2O7S. The molecule has 3 aliphatic rings. The van der Waals surface area contributed by atoms with Crippen molar-refractivity contribution in [2.24, 2.45) is 5.92 Å². The van der Waals surface area contributed by atoms with Gasteiger partial charge in [-0.3, -0.25) is 14.4 Å². The van der Waals surface area contributed by atoms with Crippen LogP contribution < -0.4 is 0 Å². The molecule has 0 aromatic heterocycles. The lowest BCUT2D eigenvalue weighted by molar-refractivity contribution is -0.149. The summed E-state index contributed by atoms with van der Waals surface area (Å²) in [5, 5.41) is 0. The lowest BCUT2D eigenvalue weighted by atomic mass is 9.91. The van der Waals surface area contributed by atoms with Crippen LogP contribution in [-0.4, -0.2) is 81.2 Å². The van der Waals surface area contributed by atoms with Crippen LogP contribution in [-0.2, 0) is 24.3 Å². The number of carbonyl (C=O) groups excluding carboxylic acids is 3. The third-order valence-corrected chi connectivity index (χ3v) is 7.99. The minimum Gasteiger partial charge on any atom is -0.466 e. The number of fused-ring (bicyclic) bond motifs is 1. The number of ether oxygens (including phenoxy) is 2. The summed E-state index contributed by atoms with van der Waals surface area (Å²) in [5.74, 6) is -1.86. The van der Waals surface area contributed by atoms with E-state index in [-0.39, 0.29) is 48.4 Å². The van der Waals surface area contributed by atoms with Gasteiger partial charge in [0.15, 0.2) is 4.91 Å². The van der Waals surface area contributed by atoms with E-state index in [1.165, 1.54) is 10.4 Å². The zero-order valence-corrected chi connectivity index (χ0v) is 18.7. The molecule has 32 heavy (non-hydrogen) atoms. The van der Waals surface area contributed by atoms with Gasteiger partial charge in [-0.2, -0.15) is 4.31 Å². The highest BCUT2D eigenvalue weighted by Gasteiger charge is 2.45. The van der Waals surface area contributed by atoms with Crippen LogP contribution in [0.3, 0.4) is 0 Å². The zero-order valence-electron chi connectivity index (χ0n) is 17.9. The van der Waals surface area contributed by atoms with Crippen LogP contribution >= 0.6 is 0 Å². The minimum absolute atomic E-state index is 0.0782. The summed E-state index contributed by atoms with van der Waals surface area (Å²) in [7, 11) is -4.26. The van der Waals surface area contributed by atoms with E-state index in [4.69, 9.17) is 9.47 Å². The van der Waals surface area contributed by atoms with Crippen molar-refractivity contribution in [1.82, 2.24) is 9.21 Å². The van der Waals surface area contributed by atoms with E-state index in [0.29, 0.717) is 39.1 Å². The molecule has 0 radical (unpaired) electrons. The van der Waals surface area contributed by atoms with Crippen LogP contribution in [0.5, 0.6) is 0 Å². The van der Waals surface area contributed by atoms with Crippen molar-refractivity contribution in [3.8, 4) is 0 Å². The fraction of sp³-hybridized carbons (Fsp3) is 0.500. The molecule has 0 saturated carbocycles. The van der Waals surface area contributed by atoms with Crippen LogP contribution in [0.1, 0.15) is 40.5 Å². The quantitative estimate of drug-likeness (QED) is 0.601. The molecule has 2 heterocycles. The van der Waals surface area contributed by atoms with Crippen molar-refractivity contribution in [2.75, 3.05) is 46.0 Å². The smallest absolute Gasteiger partial charge is 0.309 e. The van der Waals surface area contributed by atoms with Crippen LogP contribution in [0.25, 0.3) is 0 Å². The fourth-order valence-electron chi connectivity index (χ4n) is 4.37. The van der Waals surface area contributed by atoms with Gasteiger partial charge in [-0.25, -0.2) is 8.42 Å². The highest BCUT2D eigenvalue weighted by molar-refractivity contribution is 7.94. The van der Waals surface area contributed by atoms with E-state index >= 15 is 0 Å². The second kappa shape index (κ2) is 9.13. The third-order valence-electron chi connectivity index (χ3n) is 6.05. The number of hydrogen-bond acceptors (Lipinski definition) is 8. The Morgan fingerprint density at radius 1 is 1.03 bits per heavy atom. The van der Waals surface area contributed by atoms with E-state index in [1.807, 2.05) is 0 Å². The number of benzene rings is 1. The van der Waals surface area contributed by atoms with Gasteiger partial charge < -0.3 is 14.4 Å². The van der Waals surface area contributed by atoms with Crippen molar-refractivity contribution in [1.29, 1.82) is 0 Å². The molecule has 0 atom stereocenters. The fourth-order valence-corrected chi connectivity index (χ4v) is 6.13. The molecule has 10 heteroatoms. The highest BCUT2D eigenvalue weighted by atomic mass is 32.2. The molecule has 1 aromatic carbocycles. The van der Waals surface area contributed by atoms with E-state index in [1.54, 1.807) is 30.0 Å². The van der Waals surface area contributed by atoms with Gasteiger partial charge in [-0.05, 0) is 19.8 Å². The normalized spacial score (nSPS) is 21.0. The first-order valence-corrected chi connectivity index (χ1v) is 12.2. The molecule has 0 bridgehead atoms. The molecule has 2 fully saturated rings. The number of nitrogens with zero attached hydrogens (tertiary/aromatic N) is 2. The third kappa shape index (κ3) is 3.98. The summed E-state index contributed by atoms with van der Waals surface area (Å²) in [5.41, 5.74) is 0.220. The second-order valence-electron chi connectivity index (χ2n) is 7.91. The van der Waals surface area contributed by atoms with Crippen molar-refractivity contribution in [3.05, 3.63) is 46.0 Å². The minimum atomic E-state index is -4.26. The van der Waals surface area contributed by atoms with Crippen LogP contribution in [0.2, 0.25) is 0 Å². The number of Topliss-reactive ketones (excluding diaryl/α,β-unsaturated/α-hetero) is 2. The largest absolute Gasteiger partial charge is 0.466 e. The Morgan fingerprint density at radius 2 is 1.62 bits per heavy atom. The summed E-state index contributed by atoms with van der Waals surface area (Å²) < 4.78 is 39.0. The average Bonchev–Trinajstić information content (AvgIpc) is 2.82.